The van der Waals surface area contributed by atoms with Crippen molar-refractivity contribution >= 4 is 28.0 Å². The summed E-state index contributed by atoms with van der Waals surface area (Å²) in [5, 5.41) is 10.2. The van der Waals surface area contributed by atoms with E-state index in [4.69, 9.17) is 5.11 Å². The quantitative estimate of drug-likeness (QED) is 0.210. The number of carbonyl (C=O) groups is 3. The van der Waals surface area contributed by atoms with Crippen molar-refractivity contribution in [2.75, 3.05) is 12.4 Å². The molecule has 0 radical (unpaired) electrons. The molecule has 0 fully saturated rings. The van der Waals surface area contributed by atoms with E-state index in [9.17, 15) is 27.4 Å². The predicted octanol–water partition coefficient (Wildman–Crippen LogP) is -2.00. The number of amides is 1. The van der Waals surface area contributed by atoms with Gasteiger partial charge in [-0.25, -0.2) is 18.0 Å². The summed E-state index contributed by atoms with van der Waals surface area (Å²) >= 11 is 0. The van der Waals surface area contributed by atoms with Crippen LogP contribution in [0, 0.1) is 0 Å². The number of aliphatic carboxylic acids is 1. The van der Waals surface area contributed by atoms with Gasteiger partial charge < -0.3 is 19.7 Å². The van der Waals surface area contributed by atoms with Crippen molar-refractivity contribution in [1.82, 2.24) is 5.32 Å². The number of ether oxygens (including phenoxy) is 1. The van der Waals surface area contributed by atoms with Crippen LogP contribution in [0.2, 0.25) is 0 Å². The summed E-state index contributed by atoms with van der Waals surface area (Å²) in [5.74, 6) is -2.44. The van der Waals surface area contributed by atoms with Crippen LogP contribution in [0.15, 0.2) is 37.5 Å². The second-order valence-electron chi connectivity index (χ2n) is 5.32. The molecule has 0 saturated heterocycles. The Hall–Kier alpha value is -1.46. The number of hydrogen-bond donors (Lipinski definition) is 2. The van der Waals surface area contributed by atoms with Gasteiger partial charge in [-0.2, -0.15) is 0 Å². The zero-order valence-electron chi connectivity index (χ0n) is 16.4. The van der Waals surface area contributed by atoms with E-state index in [1.165, 1.54) is 20.8 Å². The number of carboxylic acid groups (broad SMARTS) is 1. The van der Waals surface area contributed by atoms with Gasteiger partial charge in [0.05, 0.1) is 22.5 Å². The molecule has 0 rings (SSSR count). The van der Waals surface area contributed by atoms with Crippen LogP contribution in [0.5, 0.6) is 0 Å². The maximum absolute atomic E-state index is 10.8. The molecule has 0 aliphatic rings. The van der Waals surface area contributed by atoms with Gasteiger partial charge in [-0.15, -0.1) is 0 Å². The molecule has 150 valence electrons. The Morgan fingerprint density at radius 1 is 1.22 bits per heavy atom. The Balaban J connectivity index is -0.000000160. The number of hydrogen-bond acceptors (Lipinski definition) is 7. The predicted molar refractivity (Wildman–Crippen MR) is 96.3 cm³/mol. The van der Waals surface area contributed by atoms with Crippen LogP contribution in [-0.4, -0.2) is 53.8 Å². The van der Waals surface area contributed by atoms with Gasteiger partial charge in [0.2, 0.25) is 5.91 Å². The Labute approximate surface area is 182 Å². The van der Waals surface area contributed by atoms with Crippen LogP contribution in [-0.2, 0) is 29.2 Å². The van der Waals surface area contributed by atoms with Crippen LogP contribution in [0.1, 0.15) is 27.7 Å². The van der Waals surface area contributed by atoms with Crippen molar-refractivity contribution in [3.8, 4) is 0 Å². The molecule has 11 heteroatoms. The number of nitrogens with one attached hydrogen (secondary N) is 1. The third-order valence-corrected chi connectivity index (χ3v) is 3.08. The Morgan fingerprint density at radius 3 is 1.81 bits per heavy atom. The van der Waals surface area contributed by atoms with Crippen LogP contribution >= 0.6 is 0 Å². The summed E-state index contributed by atoms with van der Waals surface area (Å²) in [6.45, 7) is 16.1. The minimum Gasteiger partial charge on any atom is -0.748 e. The molecular weight excluding hydrogens is 389 g/mol. The van der Waals surface area contributed by atoms with Crippen molar-refractivity contribution in [3.05, 3.63) is 37.5 Å². The average molecular weight is 415 g/mol. The normalized spacial score (nSPS) is 9.52. The van der Waals surface area contributed by atoms with E-state index < -0.39 is 33.3 Å². The Kier molecular flexibility index (Phi) is 20.5. The minimum atomic E-state index is -4.33. The zero-order valence-corrected chi connectivity index (χ0v) is 19.2. The van der Waals surface area contributed by atoms with Crippen molar-refractivity contribution in [2.24, 2.45) is 0 Å². The molecule has 0 atom stereocenters. The van der Waals surface area contributed by atoms with E-state index in [1.807, 2.05) is 0 Å². The maximum atomic E-state index is 10.8. The molecular formula is C16H26NNaO8S. The van der Waals surface area contributed by atoms with Gasteiger partial charge in [-0.1, -0.05) is 19.7 Å². The first-order valence-electron chi connectivity index (χ1n) is 7.18. The largest absolute Gasteiger partial charge is 1.00 e. The molecule has 27 heavy (non-hydrogen) atoms. The van der Waals surface area contributed by atoms with Crippen LogP contribution in [0.4, 0.5) is 0 Å². The fourth-order valence-corrected chi connectivity index (χ4v) is 2.02. The van der Waals surface area contributed by atoms with E-state index in [0.29, 0.717) is 6.61 Å². The van der Waals surface area contributed by atoms with E-state index >= 15 is 0 Å². The standard InChI is InChI=1S/C7H13NO4S.C5H8O2.C4H6O2.Na/c1-4-6(9)8-7(2,3)5-13(10,11)12;1-3-5(6)7-4-2;1-3(2)4(5)6;/h4H,1,5H2,2-3H3,(H,8,9)(H,10,11,12);3H,1,4H2,2H3;1H2,2H3,(H,5,6);/q;;;+1/p-1. The molecule has 0 saturated carbocycles. The summed E-state index contributed by atoms with van der Waals surface area (Å²) in [6, 6.07) is 0. The first kappa shape index (κ1) is 33.1. The third-order valence-electron chi connectivity index (χ3n) is 2.00. The van der Waals surface area contributed by atoms with E-state index in [1.54, 1.807) is 6.92 Å². The molecule has 9 nitrogen and oxygen atoms in total. The summed E-state index contributed by atoms with van der Waals surface area (Å²) in [5.41, 5.74) is -0.888. The minimum absolute atomic E-state index is 0. The topological polar surface area (TPSA) is 150 Å². The van der Waals surface area contributed by atoms with Gasteiger partial charge in [-0.3, -0.25) is 4.79 Å². The average Bonchev–Trinajstić information content (AvgIpc) is 2.45. The molecule has 0 aromatic rings. The molecule has 0 unspecified atom stereocenters. The first-order valence-corrected chi connectivity index (χ1v) is 8.75. The molecule has 0 aliphatic heterocycles. The number of carboxylic acids is 1. The van der Waals surface area contributed by atoms with Crippen molar-refractivity contribution in [1.29, 1.82) is 0 Å². The molecule has 1 amide bonds. The fourth-order valence-electron chi connectivity index (χ4n) is 1.06. The summed E-state index contributed by atoms with van der Waals surface area (Å²) in [7, 11) is -4.33. The molecule has 2 N–H and O–H groups in total. The Bertz CT molecular complexity index is 614. The van der Waals surface area contributed by atoms with E-state index in [0.717, 1.165) is 12.2 Å². The molecule has 0 aromatic heterocycles. The number of carbonyl (C=O) groups excluding carboxylic acids is 2. The van der Waals surface area contributed by atoms with Crippen molar-refractivity contribution in [3.63, 3.8) is 0 Å². The first-order chi connectivity index (χ1) is 11.6. The molecule has 0 aromatic carbocycles. The summed E-state index contributed by atoms with van der Waals surface area (Å²) in [4.78, 5) is 30.5. The third kappa shape index (κ3) is 29.6. The van der Waals surface area contributed by atoms with Gasteiger partial charge in [0, 0.05) is 17.2 Å². The monoisotopic (exact) mass is 415 g/mol. The van der Waals surface area contributed by atoms with Gasteiger partial charge >= 0.3 is 41.5 Å². The Morgan fingerprint density at radius 2 is 1.63 bits per heavy atom. The molecule has 0 aliphatic carbocycles. The number of rotatable bonds is 7. The smallest absolute Gasteiger partial charge is 0.748 e. The van der Waals surface area contributed by atoms with Gasteiger partial charge in [-0.05, 0) is 33.8 Å². The second kappa shape index (κ2) is 16.7. The van der Waals surface area contributed by atoms with Crippen LogP contribution < -0.4 is 34.9 Å². The van der Waals surface area contributed by atoms with Crippen LogP contribution in [0.3, 0.4) is 0 Å². The van der Waals surface area contributed by atoms with Gasteiger partial charge in [0.1, 0.15) is 0 Å². The number of esters is 1. The maximum Gasteiger partial charge on any atom is 1.00 e. The van der Waals surface area contributed by atoms with Crippen molar-refractivity contribution in [2.45, 2.75) is 33.2 Å². The SMILES string of the molecule is C=C(C)C(=O)O.C=CC(=O)NC(C)(C)CS(=O)(=O)[O-].C=CC(=O)OCC.[Na+]. The summed E-state index contributed by atoms with van der Waals surface area (Å²) in [6.07, 6.45) is 2.16. The zero-order chi connectivity index (χ0) is 21.6. The van der Waals surface area contributed by atoms with Gasteiger partial charge in [0.25, 0.3) is 0 Å². The van der Waals surface area contributed by atoms with Gasteiger partial charge in [0.15, 0.2) is 0 Å². The molecule has 0 heterocycles. The van der Waals surface area contributed by atoms with E-state index in [-0.39, 0.29) is 41.1 Å². The van der Waals surface area contributed by atoms with Crippen molar-refractivity contribution < 1.29 is 66.8 Å². The molecule has 0 spiro atoms. The summed E-state index contributed by atoms with van der Waals surface area (Å²) < 4.78 is 35.6. The van der Waals surface area contributed by atoms with E-state index in [2.05, 4.69) is 29.8 Å². The molecule has 0 bridgehead atoms. The fraction of sp³-hybridized carbons (Fsp3) is 0.438. The second-order valence-corrected chi connectivity index (χ2v) is 6.72. The van der Waals surface area contributed by atoms with Crippen LogP contribution in [0.25, 0.3) is 0 Å².